The largest absolute Gasteiger partial charge is 0.574 e. The first-order valence-corrected chi connectivity index (χ1v) is 6.25. The van der Waals surface area contributed by atoms with Gasteiger partial charge in [-0.1, -0.05) is 0 Å². The van der Waals surface area contributed by atoms with E-state index in [1.807, 2.05) is 0 Å². The van der Waals surface area contributed by atoms with Crippen LogP contribution in [-0.2, 0) is 6.61 Å². The summed E-state index contributed by atoms with van der Waals surface area (Å²) in [6.07, 6.45) is -2.54. The van der Waals surface area contributed by atoms with Gasteiger partial charge in [-0.2, -0.15) is 0 Å². The lowest BCUT2D eigenvalue weighted by Gasteiger charge is -2.08. The van der Waals surface area contributed by atoms with Gasteiger partial charge in [0.2, 0.25) is 11.8 Å². The SMILES string of the molecule is CN(C)C(=O)c1coc(COc2ccc(OC(F)(F)F)nc2)n1. The van der Waals surface area contributed by atoms with Gasteiger partial charge in [-0.05, 0) is 6.07 Å². The lowest BCUT2D eigenvalue weighted by Crippen LogP contribution is -2.22. The minimum Gasteiger partial charge on any atom is -0.482 e. The Kier molecular flexibility index (Phi) is 4.72. The van der Waals surface area contributed by atoms with Crippen LogP contribution in [0.5, 0.6) is 11.6 Å². The van der Waals surface area contributed by atoms with E-state index in [-0.39, 0.29) is 29.8 Å². The van der Waals surface area contributed by atoms with Crippen molar-refractivity contribution in [1.82, 2.24) is 14.9 Å². The van der Waals surface area contributed by atoms with Crippen LogP contribution in [0.2, 0.25) is 0 Å². The highest BCUT2D eigenvalue weighted by Gasteiger charge is 2.31. The summed E-state index contributed by atoms with van der Waals surface area (Å²) in [6, 6.07) is 2.27. The van der Waals surface area contributed by atoms with Crippen LogP contribution in [0.4, 0.5) is 13.2 Å². The predicted molar refractivity (Wildman–Crippen MR) is 69.8 cm³/mol. The van der Waals surface area contributed by atoms with E-state index >= 15 is 0 Å². The second-order valence-corrected chi connectivity index (χ2v) is 4.49. The van der Waals surface area contributed by atoms with Gasteiger partial charge in [-0.25, -0.2) is 9.97 Å². The Bertz CT molecular complexity index is 668. The molecule has 0 unspecified atom stereocenters. The van der Waals surface area contributed by atoms with E-state index in [4.69, 9.17) is 9.15 Å². The Hall–Kier alpha value is -2.78. The molecule has 0 saturated heterocycles. The Morgan fingerprint density at radius 2 is 2.09 bits per heavy atom. The topological polar surface area (TPSA) is 77.7 Å². The number of alkyl halides is 3. The molecule has 2 aromatic rings. The zero-order valence-corrected chi connectivity index (χ0v) is 12.1. The standard InChI is InChI=1S/C13H12F3N3O4/c1-19(2)12(20)9-6-22-11(18-9)7-21-8-3-4-10(17-5-8)23-13(14,15)16/h3-6H,7H2,1-2H3. The highest BCUT2D eigenvalue weighted by Crippen LogP contribution is 2.22. The molecular weight excluding hydrogens is 319 g/mol. The van der Waals surface area contributed by atoms with Gasteiger partial charge in [0.05, 0.1) is 6.20 Å². The van der Waals surface area contributed by atoms with Crippen LogP contribution in [0, 0.1) is 0 Å². The Labute approximate surface area is 128 Å². The average molecular weight is 331 g/mol. The molecule has 10 heteroatoms. The third kappa shape index (κ3) is 4.87. The molecule has 124 valence electrons. The van der Waals surface area contributed by atoms with Crippen molar-refractivity contribution in [3.05, 3.63) is 36.2 Å². The lowest BCUT2D eigenvalue weighted by atomic mass is 10.4. The number of hydrogen-bond donors (Lipinski definition) is 0. The van der Waals surface area contributed by atoms with E-state index in [0.717, 1.165) is 12.3 Å². The maximum atomic E-state index is 12.0. The molecule has 23 heavy (non-hydrogen) atoms. The van der Waals surface area contributed by atoms with E-state index < -0.39 is 12.2 Å². The third-order valence-electron chi connectivity index (χ3n) is 2.47. The molecule has 0 saturated carbocycles. The Morgan fingerprint density at radius 1 is 1.35 bits per heavy atom. The maximum absolute atomic E-state index is 12.0. The zero-order valence-electron chi connectivity index (χ0n) is 12.1. The second kappa shape index (κ2) is 6.55. The van der Waals surface area contributed by atoms with Gasteiger partial charge in [0.15, 0.2) is 12.3 Å². The van der Waals surface area contributed by atoms with Crippen LogP contribution in [0.1, 0.15) is 16.4 Å². The second-order valence-electron chi connectivity index (χ2n) is 4.49. The van der Waals surface area contributed by atoms with Crippen LogP contribution in [-0.4, -0.2) is 41.2 Å². The molecule has 0 bridgehead atoms. The summed E-state index contributed by atoms with van der Waals surface area (Å²) in [6.45, 7) is -0.109. The molecule has 0 aliphatic carbocycles. The molecule has 7 nitrogen and oxygen atoms in total. The first-order valence-electron chi connectivity index (χ1n) is 6.25. The number of pyridine rings is 1. The quantitative estimate of drug-likeness (QED) is 0.836. The summed E-state index contributed by atoms with van der Waals surface area (Å²) < 4.78 is 49.9. The van der Waals surface area contributed by atoms with E-state index in [9.17, 15) is 18.0 Å². The summed E-state index contributed by atoms with van der Waals surface area (Å²) in [4.78, 5) is 20.4. The molecule has 0 spiro atoms. The monoisotopic (exact) mass is 331 g/mol. The van der Waals surface area contributed by atoms with Crippen LogP contribution in [0.25, 0.3) is 0 Å². The number of amides is 1. The molecule has 0 aliphatic heterocycles. The van der Waals surface area contributed by atoms with Crippen molar-refractivity contribution in [1.29, 1.82) is 0 Å². The van der Waals surface area contributed by atoms with Crippen molar-refractivity contribution in [3.8, 4) is 11.6 Å². The molecule has 0 N–H and O–H groups in total. The first kappa shape index (κ1) is 16.6. The first-order chi connectivity index (χ1) is 10.7. The van der Waals surface area contributed by atoms with Crippen molar-refractivity contribution in [2.75, 3.05) is 14.1 Å². The van der Waals surface area contributed by atoms with Crippen molar-refractivity contribution < 1.29 is 31.9 Å². The molecule has 0 aromatic carbocycles. The van der Waals surface area contributed by atoms with Gasteiger partial charge in [0.25, 0.3) is 5.91 Å². The number of carbonyl (C=O) groups is 1. The molecule has 1 amide bonds. The fourth-order valence-electron chi connectivity index (χ4n) is 1.48. The van der Waals surface area contributed by atoms with Crippen molar-refractivity contribution in [2.45, 2.75) is 13.0 Å². The van der Waals surface area contributed by atoms with Gasteiger partial charge in [0.1, 0.15) is 12.0 Å². The average Bonchev–Trinajstić information content (AvgIpc) is 2.93. The molecule has 2 rings (SSSR count). The molecule has 2 heterocycles. The van der Waals surface area contributed by atoms with Gasteiger partial charge < -0.3 is 18.8 Å². The summed E-state index contributed by atoms with van der Waals surface area (Å²) in [5.41, 5.74) is 0.126. The number of ether oxygens (including phenoxy) is 2. The Balaban J connectivity index is 1.92. The fourth-order valence-corrected chi connectivity index (χ4v) is 1.48. The summed E-state index contributed by atoms with van der Waals surface area (Å²) in [7, 11) is 3.15. The smallest absolute Gasteiger partial charge is 0.482 e. The number of nitrogens with zero attached hydrogens (tertiary/aromatic N) is 3. The Morgan fingerprint density at radius 3 is 2.65 bits per heavy atom. The summed E-state index contributed by atoms with van der Waals surface area (Å²) >= 11 is 0. The lowest BCUT2D eigenvalue weighted by molar-refractivity contribution is -0.276. The van der Waals surface area contributed by atoms with Gasteiger partial charge in [-0.3, -0.25) is 4.79 Å². The van der Waals surface area contributed by atoms with Crippen LogP contribution in [0.15, 0.2) is 29.0 Å². The molecule has 0 aliphatic rings. The fraction of sp³-hybridized carbons (Fsp3) is 0.308. The predicted octanol–water partition coefficient (Wildman–Crippen LogP) is 2.25. The van der Waals surface area contributed by atoms with E-state index in [1.165, 1.54) is 17.2 Å². The van der Waals surface area contributed by atoms with Crippen molar-refractivity contribution in [3.63, 3.8) is 0 Å². The summed E-state index contributed by atoms with van der Waals surface area (Å²) in [5.74, 6) is -0.584. The highest BCUT2D eigenvalue weighted by molar-refractivity contribution is 5.91. The molecule has 0 atom stereocenters. The van der Waals surface area contributed by atoms with Gasteiger partial charge >= 0.3 is 6.36 Å². The van der Waals surface area contributed by atoms with E-state index in [1.54, 1.807) is 14.1 Å². The van der Waals surface area contributed by atoms with Crippen LogP contribution >= 0.6 is 0 Å². The van der Waals surface area contributed by atoms with Gasteiger partial charge in [-0.15, -0.1) is 13.2 Å². The minimum absolute atomic E-state index is 0.109. The normalized spacial score (nSPS) is 11.2. The maximum Gasteiger partial charge on any atom is 0.574 e. The number of aromatic nitrogens is 2. The number of carbonyl (C=O) groups excluding carboxylic acids is 1. The summed E-state index contributed by atoms with van der Waals surface area (Å²) in [5, 5.41) is 0. The number of rotatable bonds is 5. The molecule has 0 radical (unpaired) electrons. The number of hydrogen-bond acceptors (Lipinski definition) is 6. The molecule has 0 fully saturated rings. The highest BCUT2D eigenvalue weighted by atomic mass is 19.4. The van der Waals surface area contributed by atoms with Gasteiger partial charge in [0, 0.05) is 20.2 Å². The van der Waals surface area contributed by atoms with Crippen molar-refractivity contribution >= 4 is 5.91 Å². The number of halogens is 3. The molecular formula is C13H12F3N3O4. The van der Waals surface area contributed by atoms with Crippen LogP contribution < -0.4 is 9.47 Å². The van der Waals surface area contributed by atoms with E-state index in [0.29, 0.717) is 0 Å². The van der Waals surface area contributed by atoms with Crippen molar-refractivity contribution in [2.24, 2.45) is 0 Å². The minimum atomic E-state index is -4.80. The molecule has 2 aromatic heterocycles. The zero-order chi connectivity index (χ0) is 17.0. The van der Waals surface area contributed by atoms with E-state index in [2.05, 4.69) is 14.7 Å². The number of oxazole rings is 1. The van der Waals surface area contributed by atoms with Crippen LogP contribution in [0.3, 0.4) is 0 Å². The third-order valence-corrected chi connectivity index (χ3v) is 2.47.